The van der Waals surface area contributed by atoms with E-state index in [1.165, 1.54) is 11.1 Å². The number of nitrogens with one attached hydrogen (secondary N) is 1. The molecule has 1 aromatic heterocycles. The van der Waals surface area contributed by atoms with E-state index < -0.39 is 5.54 Å². The summed E-state index contributed by atoms with van der Waals surface area (Å²) in [6.07, 6.45) is 5.19. The van der Waals surface area contributed by atoms with Crippen LogP contribution in [0, 0.1) is 5.92 Å². The van der Waals surface area contributed by atoms with Crippen LogP contribution in [-0.2, 0) is 24.7 Å². The number of rotatable bonds is 5. The van der Waals surface area contributed by atoms with Crippen molar-refractivity contribution in [2.45, 2.75) is 38.3 Å². The Morgan fingerprint density at radius 3 is 2.28 bits per heavy atom. The number of benzene rings is 1. The van der Waals surface area contributed by atoms with E-state index in [9.17, 15) is 4.79 Å². The molecule has 5 heteroatoms. The van der Waals surface area contributed by atoms with Gasteiger partial charge in [0.05, 0.1) is 6.04 Å². The second kappa shape index (κ2) is 6.64. The van der Waals surface area contributed by atoms with E-state index in [0.29, 0.717) is 0 Å². The number of nitrogens with zero attached hydrogens (tertiary/aromatic N) is 3. The summed E-state index contributed by atoms with van der Waals surface area (Å²) in [7, 11) is 5.96. The minimum absolute atomic E-state index is 0.0791. The van der Waals surface area contributed by atoms with Crippen LogP contribution in [0.5, 0.6) is 0 Å². The Labute approximate surface area is 150 Å². The average molecular weight is 340 g/mol. The van der Waals surface area contributed by atoms with Gasteiger partial charge < -0.3 is 9.88 Å². The van der Waals surface area contributed by atoms with E-state index in [4.69, 9.17) is 0 Å². The molecule has 1 amide bonds. The third-order valence-corrected chi connectivity index (χ3v) is 5.45. The van der Waals surface area contributed by atoms with Crippen LogP contribution < -0.4 is 5.32 Å². The number of imidazole rings is 1. The molecule has 1 aliphatic carbocycles. The van der Waals surface area contributed by atoms with Crippen molar-refractivity contribution in [1.82, 2.24) is 19.8 Å². The minimum atomic E-state index is -0.540. The molecule has 0 radical (unpaired) electrons. The van der Waals surface area contributed by atoms with Crippen molar-refractivity contribution in [2.24, 2.45) is 13.0 Å². The third-order valence-electron chi connectivity index (χ3n) is 5.45. The van der Waals surface area contributed by atoms with Gasteiger partial charge in [0, 0.05) is 32.3 Å². The molecule has 134 valence electrons. The molecule has 0 bridgehead atoms. The Kier molecular flexibility index (Phi) is 4.69. The molecule has 1 heterocycles. The lowest BCUT2D eigenvalue weighted by atomic mass is 9.91. The Bertz CT molecular complexity index is 738. The van der Waals surface area contributed by atoms with Gasteiger partial charge in [-0.3, -0.25) is 9.69 Å². The molecule has 0 saturated carbocycles. The zero-order chi connectivity index (χ0) is 18.2. The van der Waals surface area contributed by atoms with E-state index in [2.05, 4.69) is 41.2 Å². The smallest absolute Gasteiger partial charge is 0.241 e. The Hall–Kier alpha value is -2.14. The van der Waals surface area contributed by atoms with Gasteiger partial charge in [-0.1, -0.05) is 38.1 Å². The van der Waals surface area contributed by atoms with E-state index >= 15 is 0 Å². The maximum absolute atomic E-state index is 13.4. The number of fused-ring (bicyclic) bond motifs is 1. The third kappa shape index (κ3) is 3.09. The second-order valence-corrected chi connectivity index (χ2v) is 7.64. The fourth-order valence-corrected chi connectivity index (χ4v) is 3.76. The lowest BCUT2D eigenvalue weighted by molar-refractivity contribution is -0.132. The van der Waals surface area contributed by atoms with Gasteiger partial charge in [0.15, 0.2) is 0 Å². The van der Waals surface area contributed by atoms with Crippen molar-refractivity contribution >= 4 is 5.91 Å². The van der Waals surface area contributed by atoms with Crippen LogP contribution in [0.3, 0.4) is 0 Å². The molecular weight excluding hydrogens is 312 g/mol. The Morgan fingerprint density at radius 1 is 1.24 bits per heavy atom. The molecule has 1 atom stereocenters. The Morgan fingerprint density at radius 2 is 1.84 bits per heavy atom. The number of aryl methyl sites for hydroxylation is 1. The first-order valence-electron chi connectivity index (χ1n) is 8.87. The quantitative estimate of drug-likeness (QED) is 0.909. The number of likely N-dealkylation sites (N-methyl/N-ethyl adjacent to an activating group) is 1. The van der Waals surface area contributed by atoms with Gasteiger partial charge in [0.1, 0.15) is 11.4 Å². The van der Waals surface area contributed by atoms with Gasteiger partial charge in [0.2, 0.25) is 5.91 Å². The van der Waals surface area contributed by atoms with Gasteiger partial charge in [0.25, 0.3) is 0 Å². The van der Waals surface area contributed by atoms with Crippen molar-refractivity contribution in [2.75, 3.05) is 14.1 Å². The molecule has 0 saturated heterocycles. The van der Waals surface area contributed by atoms with Crippen LogP contribution in [-0.4, -0.2) is 40.0 Å². The summed E-state index contributed by atoms with van der Waals surface area (Å²) in [5.74, 6) is 1.23. The molecule has 0 unspecified atom stereocenters. The van der Waals surface area contributed by atoms with E-state index in [1.54, 1.807) is 6.20 Å². The van der Waals surface area contributed by atoms with Crippen molar-refractivity contribution in [1.29, 1.82) is 0 Å². The van der Waals surface area contributed by atoms with Gasteiger partial charge in [-0.25, -0.2) is 4.98 Å². The molecule has 2 aromatic rings. The molecule has 1 aromatic carbocycles. The highest BCUT2D eigenvalue weighted by atomic mass is 16.2. The van der Waals surface area contributed by atoms with Crippen LogP contribution in [0.4, 0.5) is 0 Å². The molecular formula is C20H28N4O. The van der Waals surface area contributed by atoms with Crippen molar-refractivity contribution in [3.63, 3.8) is 0 Å². The summed E-state index contributed by atoms with van der Waals surface area (Å²) in [6, 6.07) is 8.26. The SMILES string of the molecule is CC(C)[C@@H](NC(=O)C1(N(C)C)Cc2ccccc2C1)c1nccn1C. The maximum Gasteiger partial charge on any atom is 0.241 e. The summed E-state index contributed by atoms with van der Waals surface area (Å²) < 4.78 is 1.98. The van der Waals surface area contributed by atoms with Crippen molar-refractivity contribution < 1.29 is 4.79 Å². The van der Waals surface area contributed by atoms with E-state index in [1.807, 2.05) is 44.0 Å². The number of carbonyl (C=O) groups excluding carboxylic acids is 1. The molecule has 25 heavy (non-hydrogen) atoms. The standard InChI is InChI=1S/C20H28N4O/c1-14(2)17(18-21-10-11-24(18)5)22-19(25)20(23(3)4)12-15-8-6-7-9-16(15)13-20/h6-11,14,17H,12-13H2,1-5H3,(H,22,25)/t17-/m1/s1. The van der Waals surface area contributed by atoms with Crippen LogP contribution in [0.15, 0.2) is 36.7 Å². The normalized spacial score (nSPS) is 16.9. The molecule has 5 nitrogen and oxygen atoms in total. The van der Waals surface area contributed by atoms with Gasteiger partial charge in [-0.05, 0) is 31.1 Å². The summed E-state index contributed by atoms with van der Waals surface area (Å²) >= 11 is 0. The highest BCUT2D eigenvalue weighted by Gasteiger charge is 2.46. The molecule has 0 fully saturated rings. The molecule has 1 aliphatic rings. The number of hydrogen-bond donors (Lipinski definition) is 1. The van der Waals surface area contributed by atoms with E-state index in [-0.39, 0.29) is 17.9 Å². The van der Waals surface area contributed by atoms with Crippen LogP contribution in [0.25, 0.3) is 0 Å². The maximum atomic E-state index is 13.4. The number of amides is 1. The van der Waals surface area contributed by atoms with Crippen LogP contribution in [0.1, 0.15) is 36.8 Å². The summed E-state index contributed by atoms with van der Waals surface area (Å²) in [6.45, 7) is 4.23. The fraction of sp³-hybridized carbons (Fsp3) is 0.500. The first-order valence-corrected chi connectivity index (χ1v) is 8.87. The average Bonchev–Trinajstić information content (AvgIpc) is 3.16. The summed E-state index contributed by atoms with van der Waals surface area (Å²) in [5.41, 5.74) is 2.00. The number of aromatic nitrogens is 2. The molecule has 0 spiro atoms. The first-order chi connectivity index (χ1) is 11.8. The topological polar surface area (TPSA) is 50.2 Å². The second-order valence-electron chi connectivity index (χ2n) is 7.64. The lowest BCUT2D eigenvalue weighted by Crippen LogP contribution is -2.58. The van der Waals surface area contributed by atoms with E-state index in [0.717, 1.165) is 18.7 Å². The highest BCUT2D eigenvalue weighted by Crippen LogP contribution is 2.34. The van der Waals surface area contributed by atoms with Gasteiger partial charge >= 0.3 is 0 Å². The highest BCUT2D eigenvalue weighted by molar-refractivity contribution is 5.88. The number of carbonyl (C=O) groups is 1. The van der Waals surface area contributed by atoms with Crippen molar-refractivity contribution in [3.05, 3.63) is 53.6 Å². The summed E-state index contributed by atoms with van der Waals surface area (Å²) in [5, 5.41) is 3.29. The fourth-order valence-electron chi connectivity index (χ4n) is 3.76. The first kappa shape index (κ1) is 17.7. The van der Waals surface area contributed by atoms with Crippen LogP contribution in [0.2, 0.25) is 0 Å². The van der Waals surface area contributed by atoms with Gasteiger partial charge in [-0.2, -0.15) is 0 Å². The predicted octanol–water partition coefficient (Wildman–Crippen LogP) is 2.33. The molecule has 0 aliphatic heterocycles. The molecule has 3 rings (SSSR count). The minimum Gasteiger partial charge on any atom is -0.344 e. The zero-order valence-electron chi connectivity index (χ0n) is 15.8. The van der Waals surface area contributed by atoms with Crippen LogP contribution >= 0.6 is 0 Å². The van der Waals surface area contributed by atoms with Gasteiger partial charge in [-0.15, -0.1) is 0 Å². The van der Waals surface area contributed by atoms with Crippen molar-refractivity contribution in [3.8, 4) is 0 Å². The zero-order valence-corrected chi connectivity index (χ0v) is 15.8. The number of hydrogen-bond acceptors (Lipinski definition) is 3. The Balaban J connectivity index is 1.89. The monoisotopic (exact) mass is 340 g/mol. The predicted molar refractivity (Wildman–Crippen MR) is 99.2 cm³/mol. The summed E-state index contributed by atoms with van der Waals surface area (Å²) in [4.78, 5) is 19.9. The lowest BCUT2D eigenvalue weighted by Gasteiger charge is -2.36. The molecule has 1 N–H and O–H groups in total. The largest absolute Gasteiger partial charge is 0.344 e.